The van der Waals surface area contributed by atoms with Crippen molar-refractivity contribution in [1.82, 2.24) is 20.1 Å². The summed E-state index contributed by atoms with van der Waals surface area (Å²) in [7, 11) is 0. The number of aryl methyl sites for hydroxylation is 1. The molecule has 0 unspecified atom stereocenters. The molecule has 0 spiro atoms. The Bertz CT molecular complexity index is 385. The van der Waals surface area contributed by atoms with Crippen molar-refractivity contribution in [2.45, 2.75) is 40.2 Å². The summed E-state index contributed by atoms with van der Waals surface area (Å²) >= 11 is 0. The average Bonchev–Trinajstić information content (AvgIpc) is 2.78. The summed E-state index contributed by atoms with van der Waals surface area (Å²) in [6.07, 6.45) is 3.19. The van der Waals surface area contributed by atoms with E-state index in [0.717, 1.165) is 18.7 Å². The SMILES string of the molecule is CCC(CC)(CN)C(=O)NCCn1cnnc1C.Cl.Cl. The van der Waals surface area contributed by atoms with Gasteiger partial charge in [0.1, 0.15) is 12.2 Å². The number of rotatable bonds is 7. The Morgan fingerprint density at radius 1 is 1.40 bits per heavy atom. The van der Waals surface area contributed by atoms with Crippen molar-refractivity contribution in [1.29, 1.82) is 0 Å². The molecule has 0 saturated carbocycles. The lowest BCUT2D eigenvalue weighted by atomic mass is 9.81. The van der Waals surface area contributed by atoms with Gasteiger partial charge in [-0.3, -0.25) is 4.79 Å². The van der Waals surface area contributed by atoms with Crippen LogP contribution in [0.4, 0.5) is 0 Å². The topological polar surface area (TPSA) is 85.8 Å². The first kappa shape index (κ1) is 21.4. The maximum atomic E-state index is 12.1. The van der Waals surface area contributed by atoms with Crippen LogP contribution in [0, 0.1) is 12.3 Å². The van der Waals surface area contributed by atoms with E-state index < -0.39 is 5.41 Å². The van der Waals surface area contributed by atoms with Gasteiger partial charge in [0.25, 0.3) is 0 Å². The monoisotopic (exact) mass is 325 g/mol. The normalized spacial score (nSPS) is 10.4. The molecule has 0 bridgehead atoms. The van der Waals surface area contributed by atoms with Gasteiger partial charge in [0.2, 0.25) is 5.91 Å². The van der Waals surface area contributed by atoms with Crippen molar-refractivity contribution in [2.75, 3.05) is 13.1 Å². The highest BCUT2D eigenvalue weighted by Crippen LogP contribution is 2.24. The standard InChI is InChI=1S/C12H23N5O.2ClH/c1-4-12(5-2,8-13)11(18)14-6-7-17-9-15-16-10(17)3;;/h9H,4-8,13H2,1-3H3,(H,14,18);2*1H. The zero-order valence-electron chi connectivity index (χ0n) is 12.3. The van der Waals surface area contributed by atoms with Crippen LogP contribution in [-0.2, 0) is 11.3 Å². The Morgan fingerprint density at radius 2 is 2.00 bits per heavy atom. The van der Waals surface area contributed by atoms with Crippen LogP contribution in [0.3, 0.4) is 0 Å². The molecule has 8 heteroatoms. The molecule has 0 atom stereocenters. The van der Waals surface area contributed by atoms with Crippen LogP contribution in [-0.4, -0.2) is 33.8 Å². The summed E-state index contributed by atoms with van der Waals surface area (Å²) in [5.74, 6) is 0.890. The zero-order valence-corrected chi connectivity index (χ0v) is 13.9. The second kappa shape index (κ2) is 9.96. The first-order valence-corrected chi connectivity index (χ1v) is 6.42. The third-order valence-electron chi connectivity index (χ3n) is 3.67. The number of amides is 1. The van der Waals surface area contributed by atoms with Crippen molar-refractivity contribution in [3.05, 3.63) is 12.2 Å². The Hall–Kier alpha value is -0.850. The quantitative estimate of drug-likeness (QED) is 0.791. The van der Waals surface area contributed by atoms with Gasteiger partial charge in [-0.15, -0.1) is 35.0 Å². The third-order valence-corrected chi connectivity index (χ3v) is 3.67. The maximum Gasteiger partial charge on any atom is 0.227 e. The molecule has 3 N–H and O–H groups in total. The number of carbonyl (C=O) groups excluding carboxylic acids is 1. The van der Waals surface area contributed by atoms with Crippen LogP contribution in [0.5, 0.6) is 0 Å². The average molecular weight is 326 g/mol. The van der Waals surface area contributed by atoms with Crippen molar-refractivity contribution in [3.63, 3.8) is 0 Å². The fourth-order valence-corrected chi connectivity index (χ4v) is 1.96. The van der Waals surface area contributed by atoms with E-state index in [2.05, 4.69) is 15.5 Å². The summed E-state index contributed by atoms with van der Waals surface area (Å²) in [6, 6.07) is 0. The van der Waals surface area contributed by atoms with Crippen LogP contribution >= 0.6 is 24.8 Å². The molecule has 0 fully saturated rings. The van der Waals surface area contributed by atoms with Crippen LogP contribution in [0.2, 0.25) is 0 Å². The molecule has 0 radical (unpaired) electrons. The van der Waals surface area contributed by atoms with Crippen molar-refractivity contribution in [3.8, 4) is 0 Å². The number of carbonyl (C=O) groups is 1. The highest BCUT2D eigenvalue weighted by molar-refractivity contribution is 5.85. The van der Waals surface area contributed by atoms with Gasteiger partial charge >= 0.3 is 0 Å². The van der Waals surface area contributed by atoms with Crippen LogP contribution < -0.4 is 11.1 Å². The van der Waals surface area contributed by atoms with E-state index in [0.29, 0.717) is 19.6 Å². The molecule has 1 aromatic heterocycles. The number of nitrogens with two attached hydrogens (primary N) is 1. The minimum Gasteiger partial charge on any atom is -0.354 e. The molecule has 6 nitrogen and oxygen atoms in total. The minimum absolute atomic E-state index is 0. The molecule has 0 aliphatic rings. The Kier molecular flexibility index (Phi) is 10.7. The number of nitrogens with one attached hydrogen (secondary N) is 1. The van der Waals surface area contributed by atoms with E-state index in [-0.39, 0.29) is 30.7 Å². The molecule has 0 aliphatic carbocycles. The molecule has 0 saturated heterocycles. The van der Waals surface area contributed by atoms with E-state index in [9.17, 15) is 4.79 Å². The molecular weight excluding hydrogens is 301 g/mol. The molecular formula is C12H25Cl2N5O. The third kappa shape index (κ3) is 4.92. The van der Waals surface area contributed by atoms with Gasteiger partial charge in [-0.05, 0) is 19.8 Å². The number of aromatic nitrogens is 3. The molecule has 0 aliphatic heterocycles. The molecule has 1 aromatic rings. The van der Waals surface area contributed by atoms with Crippen molar-refractivity contribution < 1.29 is 4.79 Å². The van der Waals surface area contributed by atoms with E-state index in [4.69, 9.17) is 5.73 Å². The fourth-order valence-electron chi connectivity index (χ4n) is 1.96. The zero-order chi connectivity index (χ0) is 13.6. The van der Waals surface area contributed by atoms with E-state index in [1.807, 2.05) is 25.3 Å². The Balaban J connectivity index is 0. The summed E-state index contributed by atoms with van der Waals surface area (Å²) < 4.78 is 1.91. The Labute approximate surface area is 132 Å². The van der Waals surface area contributed by atoms with Gasteiger partial charge in [-0.25, -0.2) is 0 Å². The molecule has 1 rings (SSSR count). The van der Waals surface area contributed by atoms with Crippen molar-refractivity contribution in [2.24, 2.45) is 11.1 Å². The van der Waals surface area contributed by atoms with Crippen LogP contribution in [0.25, 0.3) is 0 Å². The summed E-state index contributed by atoms with van der Waals surface area (Å²) in [4.78, 5) is 12.1. The van der Waals surface area contributed by atoms with E-state index >= 15 is 0 Å². The number of hydrogen-bond donors (Lipinski definition) is 2. The predicted molar refractivity (Wildman–Crippen MR) is 84.3 cm³/mol. The first-order valence-electron chi connectivity index (χ1n) is 6.42. The highest BCUT2D eigenvalue weighted by atomic mass is 35.5. The second-order valence-electron chi connectivity index (χ2n) is 4.52. The minimum atomic E-state index is -0.428. The molecule has 1 amide bonds. The lowest BCUT2D eigenvalue weighted by molar-refractivity contribution is -0.131. The predicted octanol–water partition coefficient (Wildman–Crippen LogP) is 1.31. The summed E-state index contributed by atoms with van der Waals surface area (Å²) in [6.45, 7) is 7.52. The van der Waals surface area contributed by atoms with Gasteiger partial charge in [-0.2, -0.15) is 0 Å². The molecule has 1 heterocycles. The second-order valence-corrected chi connectivity index (χ2v) is 4.52. The summed E-state index contributed by atoms with van der Waals surface area (Å²) in [5, 5.41) is 10.6. The van der Waals surface area contributed by atoms with Gasteiger partial charge in [0.15, 0.2) is 0 Å². The fraction of sp³-hybridized carbons (Fsp3) is 0.750. The molecule has 20 heavy (non-hydrogen) atoms. The number of hydrogen-bond acceptors (Lipinski definition) is 4. The van der Waals surface area contributed by atoms with E-state index in [1.54, 1.807) is 6.33 Å². The lowest BCUT2D eigenvalue weighted by Crippen LogP contribution is -2.46. The van der Waals surface area contributed by atoms with Crippen LogP contribution in [0.1, 0.15) is 32.5 Å². The first-order chi connectivity index (χ1) is 8.59. The maximum absolute atomic E-state index is 12.1. The smallest absolute Gasteiger partial charge is 0.227 e. The van der Waals surface area contributed by atoms with E-state index in [1.165, 1.54) is 0 Å². The Morgan fingerprint density at radius 3 is 2.40 bits per heavy atom. The van der Waals surface area contributed by atoms with Gasteiger partial charge in [0.05, 0.1) is 5.41 Å². The van der Waals surface area contributed by atoms with Crippen molar-refractivity contribution >= 4 is 30.7 Å². The highest BCUT2D eigenvalue weighted by Gasteiger charge is 2.32. The van der Waals surface area contributed by atoms with Gasteiger partial charge in [0, 0.05) is 19.6 Å². The molecule has 0 aromatic carbocycles. The largest absolute Gasteiger partial charge is 0.354 e. The number of nitrogens with zero attached hydrogens (tertiary/aromatic N) is 3. The molecule has 118 valence electrons. The van der Waals surface area contributed by atoms with Crippen LogP contribution in [0.15, 0.2) is 6.33 Å². The number of halogens is 2. The lowest BCUT2D eigenvalue weighted by Gasteiger charge is -2.28. The summed E-state index contributed by atoms with van der Waals surface area (Å²) in [5.41, 5.74) is 5.31. The van der Waals surface area contributed by atoms with Gasteiger partial charge < -0.3 is 15.6 Å². The van der Waals surface area contributed by atoms with Gasteiger partial charge in [-0.1, -0.05) is 13.8 Å².